The predicted molar refractivity (Wildman–Crippen MR) is 127 cm³/mol. The zero-order valence-electron chi connectivity index (χ0n) is 18.9. The van der Waals surface area contributed by atoms with E-state index in [1.165, 1.54) is 5.69 Å². The molecule has 0 aliphatic heterocycles. The minimum atomic E-state index is -0.534. The molecule has 4 N–H and O–H groups in total. The molecule has 4 rings (SSSR count). The van der Waals surface area contributed by atoms with Crippen LogP contribution in [0.15, 0.2) is 48.5 Å². The summed E-state index contributed by atoms with van der Waals surface area (Å²) in [6, 6.07) is 15.6. The fraction of sp³-hybridized carbons (Fsp3) is 0.423. The van der Waals surface area contributed by atoms with Crippen molar-refractivity contribution in [2.75, 3.05) is 5.32 Å². The number of phenols is 1. The van der Waals surface area contributed by atoms with Gasteiger partial charge in [-0.15, -0.1) is 0 Å². The monoisotopic (exact) mass is 419 g/mol. The number of aryl methyl sites for hydroxylation is 1. The third kappa shape index (κ3) is 4.19. The number of aromatic hydroxyl groups is 1. The number of anilines is 1. The van der Waals surface area contributed by atoms with E-state index in [-0.39, 0.29) is 23.1 Å². The molecule has 1 aliphatic rings. The summed E-state index contributed by atoms with van der Waals surface area (Å²) in [5.41, 5.74) is 9.60. The average Bonchev–Trinajstić information content (AvgIpc) is 3.42. The molecule has 1 saturated carbocycles. The molecule has 0 saturated heterocycles. The summed E-state index contributed by atoms with van der Waals surface area (Å²) in [6.45, 7) is 9.57. The van der Waals surface area contributed by atoms with Gasteiger partial charge in [-0.1, -0.05) is 32.9 Å². The van der Waals surface area contributed by atoms with Crippen molar-refractivity contribution >= 4 is 22.5 Å². The van der Waals surface area contributed by atoms with Crippen molar-refractivity contribution < 1.29 is 9.90 Å². The summed E-state index contributed by atoms with van der Waals surface area (Å²) >= 11 is 0. The Labute approximate surface area is 184 Å². The number of benzene rings is 2. The maximum atomic E-state index is 13.1. The van der Waals surface area contributed by atoms with Crippen molar-refractivity contribution in [1.29, 1.82) is 0 Å². The van der Waals surface area contributed by atoms with Gasteiger partial charge in [0.1, 0.15) is 5.75 Å². The van der Waals surface area contributed by atoms with Crippen LogP contribution in [0.5, 0.6) is 5.75 Å². The highest BCUT2D eigenvalue weighted by Gasteiger charge is 2.51. The largest absolute Gasteiger partial charge is 0.508 e. The van der Waals surface area contributed by atoms with Crippen molar-refractivity contribution in [3.63, 3.8) is 0 Å². The standard InChI is InChI=1S/C26H33N3O2/c1-17(27)10-13-29-22-9-8-20(14-18(22)15-23(29)25(2,3)4)28-24(31)26(11-12-26)19-6-5-7-21(30)16-19/h5-9,14-17,30H,10-13,27H2,1-4H3,(H,28,31). The van der Waals surface area contributed by atoms with E-state index in [1.807, 2.05) is 19.1 Å². The molecule has 1 unspecified atom stereocenters. The van der Waals surface area contributed by atoms with E-state index in [0.717, 1.165) is 48.0 Å². The summed E-state index contributed by atoms with van der Waals surface area (Å²) in [5.74, 6) is 0.186. The lowest BCUT2D eigenvalue weighted by Crippen LogP contribution is -2.27. The molecule has 3 aromatic rings. The van der Waals surface area contributed by atoms with Crippen molar-refractivity contribution in [2.45, 2.75) is 70.4 Å². The summed E-state index contributed by atoms with van der Waals surface area (Å²) in [4.78, 5) is 13.1. The van der Waals surface area contributed by atoms with Crippen LogP contribution in [0.25, 0.3) is 10.9 Å². The van der Waals surface area contributed by atoms with Gasteiger partial charge in [0.15, 0.2) is 0 Å². The molecular weight excluding hydrogens is 386 g/mol. The van der Waals surface area contributed by atoms with Gasteiger partial charge in [-0.2, -0.15) is 0 Å². The van der Waals surface area contributed by atoms with Crippen LogP contribution in [0.1, 0.15) is 58.2 Å². The molecule has 0 spiro atoms. The number of aromatic nitrogens is 1. The Kier molecular flexibility index (Phi) is 5.34. The van der Waals surface area contributed by atoms with Gasteiger partial charge in [0.2, 0.25) is 5.91 Å². The number of fused-ring (bicyclic) bond motifs is 1. The topological polar surface area (TPSA) is 80.3 Å². The van der Waals surface area contributed by atoms with Crippen LogP contribution in [-0.4, -0.2) is 21.6 Å². The molecule has 31 heavy (non-hydrogen) atoms. The number of carbonyl (C=O) groups excluding carboxylic acids is 1. The normalized spacial score (nSPS) is 16.3. The molecule has 5 nitrogen and oxygen atoms in total. The Morgan fingerprint density at radius 1 is 1.19 bits per heavy atom. The summed E-state index contributed by atoms with van der Waals surface area (Å²) in [5, 5.41) is 14.1. The number of hydrogen-bond donors (Lipinski definition) is 3. The highest BCUT2D eigenvalue weighted by molar-refractivity contribution is 6.02. The van der Waals surface area contributed by atoms with E-state index in [9.17, 15) is 9.90 Å². The summed E-state index contributed by atoms with van der Waals surface area (Å²) in [7, 11) is 0. The van der Waals surface area contributed by atoms with Crippen LogP contribution in [0, 0.1) is 0 Å². The Morgan fingerprint density at radius 3 is 2.55 bits per heavy atom. The van der Waals surface area contributed by atoms with Gasteiger partial charge in [0.05, 0.1) is 5.41 Å². The number of amides is 1. The molecule has 1 aromatic heterocycles. The third-order valence-electron chi connectivity index (χ3n) is 6.32. The lowest BCUT2D eigenvalue weighted by atomic mass is 9.92. The number of nitrogens with one attached hydrogen (secondary N) is 1. The molecule has 1 amide bonds. The number of rotatable bonds is 6. The molecule has 1 atom stereocenters. The highest BCUT2D eigenvalue weighted by atomic mass is 16.3. The molecule has 0 bridgehead atoms. The van der Waals surface area contributed by atoms with Gasteiger partial charge in [-0.3, -0.25) is 4.79 Å². The second-order valence-corrected chi connectivity index (χ2v) is 10.1. The van der Waals surface area contributed by atoms with Gasteiger partial charge in [-0.05, 0) is 68.1 Å². The fourth-order valence-electron chi connectivity index (χ4n) is 4.37. The number of nitrogens with zero attached hydrogens (tertiary/aromatic N) is 1. The van der Waals surface area contributed by atoms with E-state index in [4.69, 9.17) is 5.73 Å². The zero-order chi connectivity index (χ0) is 22.4. The highest BCUT2D eigenvalue weighted by Crippen LogP contribution is 2.49. The van der Waals surface area contributed by atoms with Crippen molar-refractivity contribution in [2.24, 2.45) is 5.73 Å². The average molecular weight is 420 g/mol. The van der Waals surface area contributed by atoms with Gasteiger partial charge in [0.25, 0.3) is 0 Å². The lowest BCUT2D eigenvalue weighted by Gasteiger charge is -2.22. The first-order chi connectivity index (χ1) is 14.6. The van der Waals surface area contributed by atoms with Gasteiger partial charge in [0, 0.05) is 40.3 Å². The van der Waals surface area contributed by atoms with Gasteiger partial charge in [-0.25, -0.2) is 0 Å². The van der Waals surface area contributed by atoms with E-state index < -0.39 is 5.41 Å². The quantitative estimate of drug-likeness (QED) is 0.523. The van der Waals surface area contributed by atoms with Crippen LogP contribution in [0.2, 0.25) is 0 Å². The first-order valence-electron chi connectivity index (χ1n) is 11.1. The maximum Gasteiger partial charge on any atom is 0.235 e. The zero-order valence-corrected chi connectivity index (χ0v) is 18.9. The molecule has 2 aromatic carbocycles. The lowest BCUT2D eigenvalue weighted by molar-refractivity contribution is -0.118. The Hall–Kier alpha value is -2.79. The van der Waals surface area contributed by atoms with Gasteiger partial charge >= 0.3 is 0 Å². The first-order valence-corrected chi connectivity index (χ1v) is 11.1. The summed E-state index contributed by atoms with van der Waals surface area (Å²) < 4.78 is 2.36. The Balaban J connectivity index is 1.63. The first kappa shape index (κ1) is 21.4. The molecule has 1 aliphatic carbocycles. The maximum absolute atomic E-state index is 13.1. The van der Waals surface area contributed by atoms with E-state index in [1.54, 1.807) is 18.2 Å². The third-order valence-corrected chi connectivity index (χ3v) is 6.32. The number of nitrogens with two attached hydrogens (primary N) is 1. The van der Waals surface area contributed by atoms with E-state index >= 15 is 0 Å². The number of hydrogen-bond acceptors (Lipinski definition) is 3. The smallest absolute Gasteiger partial charge is 0.235 e. The second-order valence-electron chi connectivity index (χ2n) is 10.1. The van der Waals surface area contributed by atoms with Gasteiger partial charge < -0.3 is 20.7 Å². The van der Waals surface area contributed by atoms with Crippen LogP contribution in [0.3, 0.4) is 0 Å². The number of carbonyl (C=O) groups is 1. The SMILES string of the molecule is CC(N)CCn1c(C(C)(C)C)cc2cc(NC(=O)C3(c4cccc(O)c4)CC3)ccc21. The molecule has 1 heterocycles. The van der Waals surface area contributed by atoms with Crippen LogP contribution in [-0.2, 0) is 22.2 Å². The molecular formula is C26H33N3O2. The number of phenolic OH excluding ortho intramolecular Hbond substituents is 1. The van der Waals surface area contributed by atoms with Crippen molar-refractivity contribution in [3.8, 4) is 5.75 Å². The second kappa shape index (κ2) is 7.72. The summed E-state index contributed by atoms with van der Waals surface area (Å²) in [6.07, 6.45) is 2.51. The minimum absolute atomic E-state index is 0.00759. The van der Waals surface area contributed by atoms with Crippen LogP contribution in [0.4, 0.5) is 5.69 Å². The molecule has 1 fully saturated rings. The molecule has 164 valence electrons. The minimum Gasteiger partial charge on any atom is -0.508 e. The molecule has 5 heteroatoms. The van der Waals surface area contributed by atoms with E-state index in [2.05, 4.69) is 48.9 Å². The molecule has 0 radical (unpaired) electrons. The van der Waals surface area contributed by atoms with Crippen molar-refractivity contribution in [1.82, 2.24) is 4.57 Å². The Bertz CT molecular complexity index is 1120. The van der Waals surface area contributed by atoms with Crippen LogP contribution >= 0.6 is 0 Å². The predicted octanol–water partition coefficient (Wildman–Crippen LogP) is 5.05. The van der Waals surface area contributed by atoms with E-state index in [0.29, 0.717) is 0 Å². The Morgan fingerprint density at radius 2 is 1.94 bits per heavy atom. The van der Waals surface area contributed by atoms with Crippen molar-refractivity contribution in [3.05, 3.63) is 59.8 Å². The van der Waals surface area contributed by atoms with Crippen LogP contribution < -0.4 is 11.1 Å². The fourth-order valence-corrected chi connectivity index (χ4v) is 4.37.